The van der Waals surface area contributed by atoms with Crippen LogP contribution in [0, 0.1) is 35.3 Å². The summed E-state index contributed by atoms with van der Waals surface area (Å²) in [6.07, 6.45) is 0. The number of carbonyl (C=O) groups excluding carboxylic acids is 1. The molecule has 0 saturated carbocycles. The van der Waals surface area contributed by atoms with Crippen LogP contribution in [-0.2, 0) is 15.8 Å². The van der Waals surface area contributed by atoms with Crippen molar-refractivity contribution >= 4 is 29.9 Å². The maximum atomic E-state index is 14.7. The van der Waals surface area contributed by atoms with Crippen LogP contribution in [0.15, 0.2) is 42.5 Å². The number of nitrogens with one attached hydrogen (secondary N) is 1. The first kappa shape index (κ1) is 27.9. The Kier molecular flexibility index (Phi) is 8.22. The molecule has 0 spiro atoms. The van der Waals surface area contributed by atoms with Crippen LogP contribution in [0.5, 0.6) is 0 Å². The van der Waals surface area contributed by atoms with Crippen molar-refractivity contribution in [2.45, 2.75) is 38.7 Å². The highest BCUT2D eigenvalue weighted by Crippen LogP contribution is 2.44. The van der Waals surface area contributed by atoms with E-state index < -0.39 is 22.7 Å². The molecule has 2 saturated heterocycles. The minimum absolute atomic E-state index is 0. The zero-order chi connectivity index (χ0) is 24.8. The standard InChI is InChI=1S/C27H33ClF2N2O2.ClH/c1-16-14-32(15-17(2)27(16,34)18-5-7-19(28)8-6-18)25(33)21-12-31-13-23(21)26(3,4)22-10-9-20(29)11-24(22)30;/h5-11,16-17,21,23,31,34H,12-15H2,1-4H3;1H/t16?,17?,21-,23-,27?;/m1./s1. The molecule has 1 amide bonds. The number of carbonyl (C=O) groups is 1. The molecule has 0 aliphatic carbocycles. The Morgan fingerprint density at radius 3 is 2.26 bits per heavy atom. The highest BCUT2D eigenvalue weighted by molar-refractivity contribution is 6.30. The molecule has 0 bridgehead atoms. The van der Waals surface area contributed by atoms with Crippen molar-refractivity contribution in [1.29, 1.82) is 0 Å². The highest BCUT2D eigenvalue weighted by atomic mass is 35.5. The van der Waals surface area contributed by atoms with Crippen LogP contribution in [0.2, 0.25) is 5.02 Å². The smallest absolute Gasteiger partial charge is 0.227 e. The van der Waals surface area contributed by atoms with Crippen LogP contribution < -0.4 is 5.32 Å². The summed E-state index contributed by atoms with van der Waals surface area (Å²) < 4.78 is 28.2. The first-order chi connectivity index (χ1) is 16.0. The van der Waals surface area contributed by atoms with Gasteiger partial charge >= 0.3 is 0 Å². The van der Waals surface area contributed by atoms with Gasteiger partial charge in [0.25, 0.3) is 0 Å². The van der Waals surface area contributed by atoms with E-state index >= 15 is 0 Å². The van der Waals surface area contributed by atoms with Crippen molar-refractivity contribution in [2.75, 3.05) is 26.2 Å². The van der Waals surface area contributed by atoms with Gasteiger partial charge < -0.3 is 15.3 Å². The molecule has 192 valence electrons. The molecule has 2 aromatic rings. The number of hydrogen-bond donors (Lipinski definition) is 2. The number of rotatable bonds is 4. The fourth-order valence-electron chi connectivity index (χ4n) is 6.11. The van der Waals surface area contributed by atoms with Crippen LogP contribution in [0.4, 0.5) is 8.78 Å². The SMILES string of the molecule is CC1CN(C(=O)[C@@H]2CNC[C@H]2C(C)(C)c2ccc(F)cc2F)CC(C)C1(O)c1ccc(Cl)cc1.Cl. The molecule has 2 aliphatic heterocycles. The molecular weight excluding hydrogens is 493 g/mol. The van der Waals surface area contributed by atoms with Gasteiger partial charge in [0.15, 0.2) is 0 Å². The summed E-state index contributed by atoms with van der Waals surface area (Å²) in [5.74, 6) is -2.03. The zero-order valence-corrected chi connectivity index (χ0v) is 22.1. The van der Waals surface area contributed by atoms with E-state index in [1.807, 2.05) is 44.7 Å². The summed E-state index contributed by atoms with van der Waals surface area (Å²) in [5.41, 5.74) is -0.514. The van der Waals surface area contributed by atoms with Crippen molar-refractivity contribution in [3.05, 3.63) is 70.2 Å². The van der Waals surface area contributed by atoms with Crippen LogP contribution >= 0.6 is 24.0 Å². The van der Waals surface area contributed by atoms with Crippen LogP contribution in [0.1, 0.15) is 38.8 Å². The number of halogens is 4. The van der Waals surface area contributed by atoms with Crippen molar-refractivity contribution in [2.24, 2.45) is 23.7 Å². The maximum absolute atomic E-state index is 14.7. The highest BCUT2D eigenvalue weighted by Gasteiger charge is 2.50. The second-order valence-electron chi connectivity index (χ2n) is 10.6. The van der Waals surface area contributed by atoms with Gasteiger partial charge in [0, 0.05) is 42.6 Å². The van der Waals surface area contributed by atoms with Crippen molar-refractivity contribution in [3.8, 4) is 0 Å². The van der Waals surface area contributed by atoms with Gasteiger partial charge in [-0.15, -0.1) is 12.4 Å². The second kappa shape index (κ2) is 10.3. The number of aliphatic hydroxyl groups is 1. The lowest BCUT2D eigenvalue weighted by molar-refractivity contribution is -0.153. The largest absolute Gasteiger partial charge is 0.384 e. The van der Waals surface area contributed by atoms with Gasteiger partial charge in [-0.1, -0.05) is 57.5 Å². The van der Waals surface area contributed by atoms with E-state index in [1.165, 1.54) is 12.1 Å². The Morgan fingerprint density at radius 2 is 1.69 bits per heavy atom. The number of amides is 1. The van der Waals surface area contributed by atoms with Crippen LogP contribution in [-0.4, -0.2) is 42.1 Å². The molecule has 0 aromatic heterocycles. The van der Waals surface area contributed by atoms with Crippen LogP contribution in [0.3, 0.4) is 0 Å². The topological polar surface area (TPSA) is 52.6 Å². The lowest BCUT2D eigenvalue weighted by Crippen LogP contribution is -2.57. The van der Waals surface area contributed by atoms with Gasteiger partial charge in [-0.3, -0.25) is 4.79 Å². The molecule has 2 unspecified atom stereocenters. The average Bonchev–Trinajstić information content (AvgIpc) is 3.27. The van der Waals surface area contributed by atoms with E-state index in [1.54, 1.807) is 12.1 Å². The molecule has 35 heavy (non-hydrogen) atoms. The van der Waals surface area contributed by atoms with E-state index in [2.05, 4.69) is 5.32 Å². The van der Waals surface area contributed by atoms with Gasteiger partial charge in [0.1, 0.15) is 11.6 Å². The lowest BCUT2D eigenvalue weighted by atomic mass is 9.67. The Balaban J connectivity index is 0.00000342. The molecule has 2 aliphatic rings. The first-order valence-corrected chi connectivity index (χ1v) is 12.3. The minimum Gasteiger partial charge on any atom is -0.384 e. The molecule has 2 N–H and O–H groups in total. The third-order valence-electron chi connectivity index (χ3n) is 8.19. The van der Waals surface area contributed by atoms with Gasteiger partial charge in [-0.25, -0.2) is 8.78 Å². The summed E-state index contributed by atoms with van der Waals surface area (Å²) in [6.45, 7) is 9.71. The normalized spacial score (nSPS) is 29.1. The van der Waals surface area contributed by atoms with Gasteiger partial charge in [-0.05, 0) is 47.2 Å². The Morgan fingerprint density at radius 1 is 1.09 bits per heavy atom. The summed E-state index contributed by atoms with van der Waals surface area (Å²) in [7, 11) is 0. The Labute approximate surface area is 217 Å². The third-order valence-corrected chi connectivity index (χ3v) is 8.45. The average molecular weight is 527 g/mol. The van der Waals surface area contributed by atoms with Crippen molar-refractivity contribution < 1.29 is 18.7 Å². The van der Waals surface area contributed by atoms with Gasteiger partial charge in [0.2, 0.25) is 5.91 Å². The molecule has 2 heterocycles. The predicted molar refractivity (Wildman–Crippen MR) is 137 cm³/mol. The Hall–Kier alpha value is -1.73. The first-order valence-electron chi connectivity index (χ1n) is 11.9. The zero-order valence-electron chi connectivity index (χ0n) is 20.5. The van der Waals surface area contributed by atoms with Crippen molar-refractivity contribution in [1.82, 2.24) is 10.2 Å². The molecular formula is C27H34Cl2F2N2O2. The molecule has 8 heteroatoms. The predicted octanol–water partition coefficient (Wildman–Crippen LogP) is 5.16. The summed E-state index contributed by atoms with van der Waals surface area (Å²) in [6, 6.07) is 10.9. The molecule has 0 radical (unpaired) electrons. The fraction of sp³-hybridized carbons (Fsp3) is 0.519. The number of benzene rings is 2. The van der Waals surface area contributed by atoms with E-state index in [-0.39, 0.29) is 42.0 Å². The number of nitrogens with zero attached hydrogens (tertiary/aromatic N) is 1. The lowest BCUT2D eigenvalue weighted by Gasteiger charge is -2.49. The van der Waals surface area contributed by atoms with E-state index in [4.69, 9.17) is 11.6 Å². The van der Waals surface area contributed by atoms with E-state index in [9.17, 15) is 18.7 Å². The quantitative estimate of drug-likeness (QED) is 0.578. The van der Waals surface area contributed by atoms with Gasteiger partial charge in [0.05, 0.1) is 11.5 Å². The number of piperidine rings is 1. The minimum atomic E-state index is -1.06. The number of likely N-dealkylation sites (tertiary alicyclic amines) is 1. The third kappa shape index (κ3) is 4.95. The fourth-order valence-corrected chi connectivity index (χ4v) is 6.23. The summed E-state index contributed by atoms with van der Waals surface area (Å²) in [5, 5.41) is 15.6. The van der Waals surface area contributed by atoms with Gasteiger partial charge in [-0.2, -0.15) is 0 Å². The molecule has 4 atom stereocenters. The molecule has 2 aromatic carbocycles. The van der Waals surface area contributed by atoms with E-state index in [0.717, 1.165) is 11.6 Å². The summed E-state index contributed by atoms with van der Waals surface area (Å²) in [4.78, 5) is 15.6. The number of hydrogen-bond acceptors (Lipinski definition) is 3. The molecule has 4 nitrogen and oxygen atoms in total. The van der Waals surface area contributed by atoms with E-state index in [0.29, 0.717) is 36.8 Å². The monoisotopic (exact) mass is 526 g/mol. The maximum Gasteiger partial charge on any atom is 0.227 e. The summed E-state index contributed by atoms with van der Waals surface area (Å²) >= 11 is 6.04. The molecule has 4 rings (SSSR count). The second-order valence-corrected chi connectivity index (χ2v) is 11.0. The van der Waals surface area contributed by atoms with Crippen molar-refractivity contribution in [3.63, 3.8) is 0 Å². The molecule has 2 fully saturated rings. The van der Waals surface area contributed by atoms with Crippen LogP contribution in [0.25, 0.3) is 0 Å². The Bertz CT molecular complexity index is 1050.